The van der Waals surface area contributed by atoms with Crippen LogP contribution in [0.15, 0.2) is 24.3 Å². The van der Waals surface area contributed by atoms with Crippen LogP contribution in [-0.2, 0) is 0 Å². The fraction of sp³-hybridized carbons (Fsp3) is 0.500. The molecule has 1 aromatic carbocycles. The molecule has 0 aliphatic carbocycles. The van der Waals surface area contributed by atoms with Crippen LogP contribution in [0.3, 0.4) is 0 Å². The zero-order chi connectivity index (χ0) is 11.3. The Kier molecular flexibility index (Phi) is 4.92. The Morgan fingerprint density at radius 2 is 2.20 bits per heavy atom. The van der Waals surface area contributed by atoms with E-state index in [-0.39, 0.29) is 5.92 Å². The van der Waals surface area contributed by atoms with Crippen LogP contribution in [-0.4, -0.2) is 17.8 Å². The first kappa shape index (κ1) is 12.3. The molecule has 15 heavy (non-hydrogen) atoms. The summed E-state index contributed by atoms with van der Waals surface area (Å²) in [6, 6.07) is 7.19. The topological polar surface area (TPSA) is 29.5 Å². The quantitative estimate of drug-likeness (QED) is 0.839. The van der Waals surface area contributed by atoms with Crippen LogP contribution in [0.25, 0.3) is 0 Å². The number of rotatable bonds is 5. The first-order valence-electron chi connectivity index (χ1n) is 5.20. The van der Waals surface area contributed by atoms with Crippen molar-refractivity contribution in [2.45, 2.75) is 26.4 Å². The number of halogens is 1. The summed E-state index contributed by atoms with van der Waals surface area (Å²) >= 11 is 5.81. The van der Waals surface area contributed by atoms with Gasteiger partial charge in [-0.2, -0.15) is 0 Å². The van der Waals surface area contributed by atoms with E-state index in [0.717, 1.165) is 6.42 Å². The average molecular weight is 229 g/mol. The van der Waals surface area contributed by atoms with Crippen LogP contribution in [0.5, 0.6) is 5.75 Å². The van der Waals surface area contributed by atoms with Crippen LogP contribution in [0.4, 0.5) is 0 Å². The lowest BCUT2D eigenvalue weighted by Gasteiger charge is -2.17. The van der Waals surface area contributed by atoms with E-state index in [4.69, 9.17) is 16.3 Å². The van der Waals surface area contributed by atoms with E-state index in [1.165, 1.54) is 0 Å². The zero-order valence-electron chi connectivity index (χ0n) is 9.11. The van der Waals surface area contributed by atoms with Gasteiger partial charge in [0.25, 0.3) is 0 Å². The largest absolute Gasteiger partial charge is 0.491 e. The third-order valence-electron chi connectivity index (χ3n) is 2.52. The third-order valence-corrected chi connectivity index (χ3v) is 2.75. The summed E-state index contributed by atoms with van der Waals surface area (Å²) in [7, 11) is 0. The van der Waals surface area contributed by atoms with Crippen molar-refractivity contribution in [3.05, 3.63) is 29.3 Å². The van der Waals surface area contributed by atoms with Gasteiger partial charge in [-0.15, -0.1) is 0 Å². The number of hydrogen-bond acceptors (Lipinski definition) is 2. The van der Waals surface area contributed by atoms with Gasteiger partial charge in [0.1, 0.15) is 12.4 Å². The minimum Gasteiger partial charge on any atom is -0.491 e. The van der Waals surface area contributed by atoms with Gasteiger partial charge in [0.15, 0.2) is 0 Å². The molecule has 1 aromatic rings. The Labute approximate surface area is 95.8 Å². The predicted molar refractivity (Wildman–Crippen MR) is 62.4 cm³/mol. The van der Waals surface area contributed by atoms with Crippen LogP contribution in [0.2, 0.25) is 5.02 Å². The second kappa shape index (κ2) is 5.99. The van der Waals surface area contributed by atoms with Gasteiger partial charge in [0.05, 0.1) is 6.10 Å². The molecule has 1 rings (SSSR count). The minimum absolute atomic E-state index is 0.254. The highest BCUT2D eigenvalue weighted by molar-refractivity contribution is 6.30. The predicted octanol–water partition coefficient (Wildman–Crippen LogP) is 3.13. The van der Waals surface area contributed by atoms with Crippen molar-refractivity contribution in [2.75, 3.05) is 6.61 Å². The van der Waals surface area contributed by atoms with Crippen molar-refractivity contribution in [3.8, 4) is 5.75 Å². The zero-order valence-corrected chi connectivity index (χ0v) is 9.87. The Morgan fingerprint density at radius 3 is 2.80 bits per heavy atom. The number of hydrogen-bond donors (Lipinski definition) is 1. The second-order valence-corrected chi connectivity index (χ2v) is 4.16. The maximum atomic E-state index is 9.69. The summed E-state index contributed by atoms with van der Waals surface area (Å²) in [4.78, 5) is 0. The monoisotopic (exact) mass is 228 g/mol. The molecule has 0 aromatic heterocycles. The molecule has 0 heterocycles. The molecule has 2 nitrogen and oxygen atoms in total. The molecular formula is C12H17ClO2. The van der Waals surface area contributed by atoms with Gasteiger partial charge in [0.2, 0.25) is 0 Å². The number of aliphatic hydroxyl groups excluding tert-OH is 1. The van der Waals surface area contributed by atoms with E-state index in [2.05, 4.69) is 0 Å². The van der Waals surface area contributed by atoms with E-state index in [1.54, 1.807) is 12.1 Å². The van der Waals surface area contributed by atoms with Gasteiger partial charge in [-0.1, -0.05) is 37.9 Å². The molecule has 2 unspecified atom stereocenters. The average Bonchev–Trinajstić information content (AvgIpc) is 2.25. The molecule has 0 radical (unpaired) electrons. The van der Waals surface area contributed by atoms with Crippen molar-refractivity contribution in [1.29, 1.82) is 0 Å². The molecule has 0 fully saturated rings. The Morgan fingerprint density at radius 1 is 1.47 bits per heavy atom. The number of benzene rings is 1. The third kappa shape index (κ3) is 4.10. The van der Waals surface area contributed by atoms with Gasteiger partial charge >= 0.3 is 0 Å². The molecular weight excluding hydrogens is 212 g/mol. The fourth-order valence-electron chi connectivity index (χ4n) is 1.17. The molecule has 0 amide bonds. The van der Waals surface area contributed by atoms with Gasteiger partial charge in [-0.05, 0) is 24.1 Å². The van der Waals surface area contributed by atoms with Crippen molar-refractivity contribution < 1.29 is 9.84 Å². The van der Waals surface area contributed by atoms with Crippen LogP contribution in [0, 0.1) is 5.92 Å². The Bertz CT molecular complexity index is 301. The van der Waals surface area contributed by atoms with Crippen molar-refractivity contribution >= 4 is 11.6 Å². The minimum atomic E-state index is -0.422. The van der Waals surface area contributed by atoms with E-state index in [1.807, 2.05) is 26.0 Å². The van der Waals surface area contributed by atoms with E-state index in [0.29, 0.717) is 17.4 Å². The van der Waals surface area contributed by atoms with E-state index >= 15 is 0 Å². The SMILES string of the molecule is CCC(C)C(O)COc1cccc(Cl)c1. The maximum Gasteiger partial charge on any atom is 0.120 e. The van der Waals surface area contributed by atoms with Crippen LogP contribution >= 0.6 is 11.6 Å². The molecule has 0 saturated carbocycles. The highest BCUT2D eigenvalue weighted by atomic mass is 35.5. The van der Waals surface area contributed by atoms with Gasteiger partial charge < -0.3 is 9.84 Å². The summed E-state index contributed by atoms with van der Waals surface area (Å²) in [6.45, 7) is 4.37. The lowest BCUT2D eigenvalue weighted by atomic mass is 10.0. The van der Waals surface area contributed by atoms with Crippen molar-refractivity contribution in [3.63, 3.8) is 0 Å². The summed E-state index contributed by atoms with van der Waals surface area (Å²) in [5.41, 5.74) is 0. The van der Waals surface area contributed by atoms with Gasteiger partial charge in [-0.3, -0.25) is 0 Å². The number of ether oxygens (including phenoxy) is 1. The summed E-state index contributed by atoms with van der Waals surface area (Å²) in [6.07, 6.45) is 0.522. The van der Waals surface area contributed by atoms with Crippen molar-refractivity contribution in [2.24, 2.45) is 5.92 Å². The van der Waals surface area contributed by atoms with Crippen LogP contribution < -0.4 is 4.74 Å². The lowest BCUT2D eigenvalue weighted by molar-refractivity contribution is 0.0622. The molecule has 0 saturated heterocycles. The number of aliphatic hydroxyl groups is 1. The first-order valence-corrected chi connectivity index (χ1v) is 5.57. The molecule has 84 valence electrons. The van der Waals surface area contributed by atoms with E-state index in [9.17, 15) is 5.11 Å². The lowest BCUT2D eigenvalue weighted by Crippen LogP contribution is -2.24. The summed E-state index contributed by atoms with van der Waals surface area (Å²) in [5.74, 6) is 0.953. The van der Waals surface area contributed by atoms with Gasteiger partial charge in [-0.25, -0.2) is 0 Å². The summed E-state index contributed by atoms with van der Waals surface area (Å²) in [5, 5.41) is 10.3. The smallest absolute Gasteiger partial charge is 0.120 e. The maximum absolute atomic E-state index is 9.69. The van der Waals surface area contributed by atoms with E-state index < -0.39 is 6.10 Å². The molecule has 1 N–H and O–H groups in total. The Balaban J connectivity index is 2.43. The van der Waals surface area contributed by atoms with Gasteiger partial charge in [0, 0.05) is 5.02 Å². The second-order valence-electron chi connectivity index (χ2n) is 3.72. The standard InChI is InChI=1S/C12H17ClO2/c1-3-9(2)12(14)8-15-11-6-4-5-10(13)7-11/h4-7,9,12,14H,3,8H2,1-2H3. The molecule has 2 atom stereocenters. The molecule has 0 aliphatic heterocycles. The molecule has 0 aliphatic rings. The highest BCUT2D eigenvalue weighted by Crippen LogP contribution is 2.18. The summed E-state index contributed by atoms with van der Waals surface area (Å²) < 4.78 is 5.44. The Hall–Kier alpha value is -0.730. The first-order chi connectivity index (χ1) is 7.13. The van der Waals surface area contributed by atoms with Crippen molar-refractivity contribution in [1.82, 2.24) is 0 Å². The highest BCUT2D eigenvalue weighted by Gasteiger charge is 2.12. The molecule has 0 spiro atoms. The molecule has 3 heteroatoms. The fourth-order valence-corrected chi connectivity index (χ4v) is 1.36. The normalized spacial score (nSPS) is 14.7. The molecule has 0 bridgehead atoms. The van der Waals surface area contributed by atoms with Crippen LogP contribution in [0.1, 0.15) is 20.3 Å².